The van der Waals surface area contributed by atoms with Crippen molar-refractivity contribution < 1.29 is 0 Å². The molecular weight excluding hydrogens is 328 g/mol. The van der Waals surface area contributed by atoms with Gasteiger partial charge < -0.3 is 10.6 Å². The zero-order valence-corrected chi connectivity index (χ0v) is 16.4. The highest BCUT2D eigenvalue weighted by molar-refractivity contribution is 5.48. The fourth-order valence-corrected chi connectivity index (χ4v) is 2.31. The second-order valence-electron chi connectivity index (χ2n) is 6.04. The van der Waals surface area contributed by atoms with Crippen molar-refractivity contribution in [1.29, 1.82) is 0 Å². The Morgan fingerprint density at radius 1 is 1.26 bits per heavy atom. The number of nitrogens with zero attached hydrogens (tertiary/aromatic N) is 1. The normalized spacial score (nSPS) is 13.1. The molecule has 2 nitrogen and oxygen atoms in total. The van der Waals surface area contributed by atoms with Crippen LogP contribution in [0.4, 0.5) is 0 Å². The average Bonchev–Trinajstić information content (AvgIpc) is 2.71. The van der Waals surface area contributed by atoms with Crippen LogP contribution in [0.15, 0.2) is 90.3 Å². The summed E-state index contributed by atoms with van der Waals surface area (Å²) in [6.45, 7) is 7.96. The molecule has 0 radical (unpaired) electrons. The lowest BCUT2D eigenvalue weighted by molar-refractivity contribution is 0.338. The molecule has 0 amide bonds. The summed E-state index contributed by atoms with van der Waals surface area (Å²) in [6.07, 6.45) is 17.8. The third-order valence-electron chi connectivity index (χ3n) is 4.13. The molecular formula is C25H28N2. The van der Waals surface area contributed by atoms with Crippen molar-refractivity contribution in [3.63, 3.8) is 0 Å². The summed E-state index contributed by atoms with van der Waals surface area (Å²) in [5.74, 6) is 8.78. The maximum Gasteiger partial charge on any atom is 0.0803 e. The molecule has 0 fully saturated rings. The van der Waals surface area contributed by atoms with Crippen molar-refractivity contribution in [3.8, 4) is 24.2 Å². The van der Waals surface area contributed by atoms with E-state index in [4.69, 9.17) is 12.2 Å². The Hall–Kier alpha value is -3.36. The zero-order valence-electron chi connectivity index (χ0n) is 16.4. The van der Waals surface area contributed by atoms with E-state index in [0.29, 0.717) is 5.70 Å². The van der Waals surface area contributed by atoms with Gasteiger partial charge >= 0.3 is 0 Å². The molecule has 0 bridgehead atoms. The number of terminal acetylenes is 1. The van der Waals surface area contributed by atoms with Gasteiger partial charge in [-0.3, -0.25) is 0 Å². The van der Waals surface area contributed by atoms with Gasteiger partial charge in [0.2, 0.25) is 0 Å². The van der Waals surface area contributed by atoms with Crippen LogP contribution in [0.25, 0.3) is 0 Å². The molecule has 1 rings (SSSR count). The fraction of sp³-hybridized carbons (Fsp3) is 0.200. The van der Waals surface area contributed by atoms with Crippen molar-refractivity contribution in [1.82, 2.24) is 4.90 Å². The summed E-state index contributed by atoms with van der Waals surface area (Å²) in [7, 11) is 1.95. The molecule has 27 heavy (non-hydrogen) atoms. The van der Waals surface area contributed by atoms with Gasteiger partial charge in [-0.15, -0.1) is 6.42 Å². The first-order chi connectivity index (χ1) is 13.0. The van der Waals surface area contributed by atoms with E-state index in [2.05, 4.69) is 37.3 Å². The van der Waals surface area contributed by atoms with Crippen LogP contribution < -0.4 is 5.73 Å². The Labute approximate surface area is 164 Å². The SMILES string of the molecule is C#CC(=C)N(C)C(C)C/C=C(\C=C\C#Cc1ccccc1)C(/C=C\C)=C/N. The van der Waals surface area contributed by atoms with Crippen molar-refractivity contribution in [2.45, 2.75) is 26.3 Å². The molecule has 1 aromatic rings. The third kappa shape index (κ3) is 7.59. The van der Waals surface area contributed by atoms with E-state index in [1.165, 1.54) is 0 Å². The van der Waals surface area contributed by atoms with E-state index >= 15 is 0 Å². The summed E-state index contributed by atoms with van der Waals surface area (Å²) in [4.78, 5) is 1.99. The van der Waals surface area contributed by atoms with Gasteiger partial charge in [0, 0.05) is 24.9 Å². The summed E-state index contributed by atoms with van der Waals surface area (Å²) in [6, 6.07) is 10.1. The molecule has 138 valence electrons. The number of hydrogen-bond acceptors (Lipinski definition) is 2. The summed E-state index contributed by atoms with van der Waals surface area (Å²) < 4.78 is 0. The van der Waals surface area contributed by atoms with Crippen LogP contribution in [0, 0.1) is 24.2 Å². The van der Waals surface area contributed by atoms with E-state index in [1.807, 2.05) is 73.5 Å². The van der Waals surface area contributed by atoms with Gasteiger partial charge in [-0.1, -0.05) is 60.8 Å². The molecule has 0 saturated heterocycles. The van der Waals surface area contributed by atoms with Crippen LogP contribution in [-0.2, 0) is 0 Å². The van der Waals surface area contributed by atoms with Gasteiger partial charge in [0.15, 0.2) is 0 Å². The number of allylic oxidation sites excluding steroid dienone is 7. The monoisotopic (exact) mass is 356 g/mol. The van der Waals surface area contributed by atoms with Crippen molar-refractivity contribution >= 4 is 0 Å². The predicted octanol–water partition coefficient (Wildman–Crippen LogP) is 4.80. The van der Waals surface area contributed by atoms with Gasteiger partial charge in [0.05, 0.1) is 5.70 Å². The standard InChI is InChI=1S/C25H28N2/c1-6-13-25(20-26)24(19-18-22(4)27(5)21(3)7-2)17-12-11-16-23-14-9-8-10-15-23/h2,6,8-10,12-15,17,19-20,22H,3,18,26H2,1,4-5H3/b13-6-,17-12+,24-19+,25-20+. The number of benzene rings is 1. The Morgan fingerprint density at radius 3 is 2.56 bits per heavy atom. The molecule has 1 aromatic carbocycles. The van der Waals surface area contributed by atoms with Crippen LogP contribution in [0.1, 0.15) is 25.8 Å². The van der Waals surface area contributed by atoms with Gasteiger partial charge in [-0.2, -0.15) is 0 Å². The van der Waals surface area contributed by atoms with Gasteiger partial charge in [0.1, 0.15) is 0 Å². The van der Waals surface area contributed by atoms with Crippen molar-refractivity contribution in [2.75, 3.05) is 7.05 Å². The maximum absolute atomic E-state index is 5.82. The minimum absolute atomic E-state index is 0.219. The van der Waals surface area contributed by atoms with Crippen LogP contribution in [0.5, 0.6) is 0 Å². The molecule has 0 saturated carbocycles. The minimum atomic E-state index is 0.219. The first kappa shape index (κ1) is 21.7. The van der Waals surface area contributed by atoms with E-state index in [0.717, 1.165) is 23.1 Å². The quantitative estimate of drug-likeness (QED) is 0.562. The topological polar surface area (TPSA) is 29.3 Å². The number of hydrogen-bond donors (Lipinski definition) is 1. The molecule has 0 aliphatic rings. The second-order valence-corrected chi connectivity index (χ2v) is 6.04. The molecule has 2 heteroatoms. The van der Waals surface area contributed by atoms with E-state index in [9.17, 15) is 0 Å². The van der Waals surface area contributed by atoms with Crippen LogP contribution in [-0.4, -0.2) is 18.0 Å². The predicted molar refractivity (Wildman–Crippen MR) is 117 cm³/mol. The van der Waals surface area contributed by atoms with E-state index < -0.39 is 0 Å². The highest BCUT2D eigenvalue weighted by atomic mass is 15.1. The van der Waals surface area contributed by atoms with Crippen molar-refractivity contribution in [2.24, 2.45) is 5.73 Å². The Morgan fingerprint density at radius 2 is 1.96 bits per heavy atom. The van der Waals surface area contributed by atoms with Crippen LogP contribution in [0.3, 0.4) is 0 Å². The Kier molecular flexibility index (Phi) is 9.69. The van der Waals surface area contributed by atoms with Crippen LogP contribution >= 0.6 is 0 Å². The molecule has 2 N–H and O–H groups in total. The number of rotatable bonds is 7. The summed E-state index contributed by atoms with van der Waals surface area (Å²) >= 11 is 0. The number of nitrogens with two attached hydrogens (primary N) is 1. The average molecular weight is 357 g/mol. The van der Waals surface area contributed by atoms with Crippen molar-refractivity contribution in [3.05, 3.63) is 95.9 Å². The summed E-state index contributed by atoms with van der Waals surface area (Å²) in [5, 5.41) is 0. The lowest BCUT2D eigenvalue weighted by atomic mass is 10.0. The summed E-state index contributed by atoms with van der Waals surface area (Å²) in [5.41, 5.74) is 9.44. The lowest BCUT2D eigenvalue weighted by Gasteiger charge is -2.25. The maximum atomic E-state index is 5.82. The molecule has 0 aliphatic heterocycles. The zero-order chi connectivity index (χ0) is 20.1. The molecule has 1 unspecified atom stereocenters. The first-order valence-electron chi connectivity index (χ1n) is 8.90. The van der Waals surface area contributed by atoms with Gasteiger partial charge in [-0.25, -0.2) is 0 Å². The smallest absolute Gasteiger partial charge is 0.0803 e. The van der Waals surface area contributed by atoms with Gasteiger partial charge in [0.25, 0.3) is 0 Å². The molecule has 0 aromatic heterocycles. The largest absolute Gasteiger partial charge is 0.404 e. The lowest BCUT2D eigenvalue weighted by Crippen LogP contribution is -2.26. The first-order valence-corrected chi connectivity index (χ1v) is 8.90. The third-order valence-corrected chi connectivity index (χ3v) is 4.13. The Bertz CT molecular complexity index is 834. The minimum Gasteiger partial charge on any atom is -0.404 e. The fourth-order valence-electron chi connectivity index (χ4n) is 2.31. The van der Waals surface area contributed by atoms with E-state index in [-0.39, 0.29) is 6.04 Å². The second kappa shape index (κ2) is 12.1. The Balaban J connectivity index is 3.00. The molecule has 0 heterocycles. The molecule has 1 atom stereocenters. The van der Waals surface area contributed by atoms with Crippen LogP contribution in [0.2, 0.25) is 0 Å². The highest BCUT2D eigenvalue weighted by Crippen LogP contribution is 2.16. The molecule has 0 spiro atoms. The molecule has 0 aliphatic carbocycles. The van der Waals surface area contributed by atoms with E-state index in [1.54, 1.807) is 6.20 Å². The highest BCUT2D eigenvalue weighted by Gasteiger charge is 2.09. The van der Waals surface area contributed by atoms with Gasteiger partial charge in [-0.05, 0) is 55.7 Å².